The minimum atomic E-state index is -0.382. The fourth-order valence-corrected chi connectivity index (χ4v) is 2.31. The zero-order valence-electron chi connectivity index (χ0n) is 14.0. The number of H-pyrrole nitrogens is 1. The van der Waals surface area contributed by atoms with Crippen LogP contribution < -0.4 is 10.6 Å². The number of amides is 2. The van der Waals surface area contributed by atoms with Crippen molar-refractivity contribution in [3.05, 3.63) is 95.7 Å². The van der Waals surface area contributed by atoms with Crippen LogP contribution in [0.15, 0.2) is 78.9 Å². The highest BCUT2D eigenvalue weighted by molar-refractivity contribution is 6.05. The smallest absolute Gasteiger partial charge is 0.268 e. The van der Waals surface area contributed by atoms with Gasteiger partial charge in [-0.15, -0.1) is 0 Å². The number of aromatic amines is 1. The van der Waals surface area contributed by atoms with Crippen molar-refractivity contribution in [2.24, 2.45) is 0 Å². The van der Waals surface area contributed by atoms with Gasteiger partial charge >= 0.3 is 0 Å². The van der Waals surface area contributed by atoms with Crippen LogP contribution in [0.3, 0.4) is 0 Å². The predicted octanol–water partition coefficient (Wildman–Crippen LogP) is 2.50. The molecule has 2 aromatic heterocycles. The van der Waals surface area contributed by atoms with Crippen molar-refractivity contribution in [3.8, 4) is 0 Å². The summed E-state index contributed by atoms with van der Waals surface area (Å²) in [5.74, 6) is -0.729. The number of benzene rings is 1. The van der Waals surface area contributed by atoms with Crippen molar-refractivity contribution >= 4 is 17.9 Å². The first-order chi connectivity index (χ1) is 12.7. The number of nitrogens with zero attached hydrogens (tertiary/aromatic N) is 1. The Hall–Kier alpha value is -3.67. The number of carbonyl (C=O) groups is 2. The highest BCUT2D eigenvalue weighted by atomic mass is 16.2. The zero-order chi connectivity index (χ0) is 18.2. The van der Waals surface area contributed by atoms with Gasteiger partial charge in [-0.3, -0.25) is 14.6 Å². The molecule has 0 aliphatic rings. The molecule has 0 spiro atoms. The van der Waals surface area contributed by atoms with Crippen molar-refractivity contribution in [1.82, 2.24) is 20.6 Å². The lowest BCUT2D eigenvalue weighted by atomic mass is 10.2. The summed E-state index contributed by atoms with van der Waals surface area (Å²) in [7, 11) is 0. The molecule has 2 amide bonds. The molecule has 3 aromatic rings. The number of nitrogens with one attached hydrogen (secondary N) is 3. The van der Waals surface area contributed by atoms with Crippen LogP contribution in [-0.4, -0.2) is 21.8 Å². The van der Waals surface area contributed by atoms with E-state index in [1.54, 1.807) is 55.0 Å². The Morgan fingerprint density at radius 3 is 2.58 bits per heavy atom. The van der Waals surface area contributed by atoms with Gasteiger partial charge in [-0.2, -0.15) is 0 Å². The van der Waals surface area contributed by atoms with E-state index in [4.69, 9.17) is 0 Å². The summed E-state index contributed by atoms with van der Waals surface area (Å²) in [5, 5.41) is 5.47. The molecule has 0 saturated heterocycles. The lowest BCUT2D eigenvalue weighted by Gasteiger charge is -2.11. The minimum Gasteiger partial charge on any atom is -0.362 e. The standard InChI is InChI=1S/C20H18N4O2/c25-19(16-7-2-1-3-8-16)24-18(12-17-9-5-11-22-17)20(26)23-14-15-6-4-10-21-13-15/h1-13,22H,14H2,(H,23,26)(H,24,25). The van der Waals surface area contributed by atoms with Gasteiger partial charge in [0.1, 0.15) is 5.70 Å². The van der Waals surface area contributed by atoms with Gasteiger partial charge in [0.05, 0.1) is 0 Å². The molecule has 3 N–H and O–H groups in total. The SMILES string of the molecule is O=C(NCc1cccnc1)C(=Cc1ccc[nH]1)NC(=O)c1ccccc1. The third-order valence-electron chi connectivity index (χ3n) is 3.63. The quantitative estimate of drug-likeness (QED) is 0.599. The molecule has 0 bridgehead atoms. The summed E-state index contributed by atoms with van der Waals surface area (Å²) in [4.78, 5) is 32.0. The molecule has 130 valence electrons. The highest BCUT2D eigenvalue weighted by Crippen LogP contribution is 2.06. The number of rotatable bonds is 6. The van der Waals surface area contributed by atoms with Crippen LogP contribution in [0.4, 0.5) is 0 Å². The third kappa shape index (κ3) is 4.67. The summed E-state index contributed by atoms with van der Waals surface area (Å²) in [6, 6.07) is 16.0. The Kier molecular flexibility index (Phi) is 5.57. The van der Waals surface area contributed by atoms with Gasteiger partial charge in [-0.25, -0.2) is 0 Å². The second kappa shape index (κ2) is 8.43. The van der Waals surface area contributed by atoms with Gasteiger partial charge in [-0.1, -0.05) is 24.3 Å². The van der Waals surface area contributed by atoms with Crippen molar-refractivity contribution in [2.45, 2.75) is 6.54 Å². The molecule has 0 radical (unpaired) electrons. The number of carbonyl (C=O) groups excluding carboxylic acids is 2. The molecule has 0 unspecified atom stereocenters. The number of hydrogen-bond donors (Lipinski definition) is 3. The molecule has 26 heavy (non-hydrogen) atoms. The zero-order valence-corrected chi connectivity index (χ0v) is 14.0. The van der Waals surface area contributed by atoms with E-state index < -0.39 is 0 Å². The van der Waals surface area contributed by atoms with E-state index in [-0.39, 0.29) is 17.5 Å². The summed E-state index contributed by atoms with van der Waals surface area (Å²) in [5.41, 5.74) is 2.22. The molecule has 2 heterocycles. The molecule has 6 heteroatoms. The fraction of sp³-hybridized carbons (Fsp3) is 0.0500. The molecule has 1 aromatic carbocycles. The average Bonchev–Trinajstić information content (AvgIpc) is 3.20. The van der Waals surface area contributed by atoms with Crippen LogP contribution in [0, 0.1) is 0 Å². The molecule has 0 aliphatic carbocycles. The minimum absolute atomic E-state index is 0.158. The van der Waals surface area contributed by atoms with Crippen LogP contribution >= 0.6 is 0 Å². The van der Waals surface area contributed by atoms with E-state index in [2.05, 4.69) is 20.6 Å². The van der Waals surface area contributed by atoms with Crippen LogP contribution in [0.25, 0.3) is 6.08 Å². The normalized spacial score (nSPS) is 11.0. The highest BCUT2D eigenvalue weighted by Gasteiger charge is 2.14. The maximum absolute atomic E-state index is 12.6. The second-order valence-electron chi connectivity index (χ2n) is 5.55. The maximum Gasteiger partial charge on any atom is 0.268 e. The van der Waals surface area contributed by atoms with Gasteiger partial charge in [0.2, 0.25) is 0 Å². The lowest BCUT2D eigenvalue weighted by Crippen LogP contribution is -2.34. The molecular weight excluding hydrogens is 328 g/mol. The average molecular weight is 346 g/mol. The second-order valence-corrected chi connectivity index (χ2v) is 5.55. The summed E-state index contributed by atoms with van der Waals surface area (Å²) in [6.07, 6.45) is 6.69. The topological polar surface area (TPSA) is 86.9 Å². The Morgan fingerprint density at radius 1 is 1.04 bits per heavy atom. The van der Waals surface area contributed by atoms with Crippen LogP contribution in [0.5, 0.6) is 0 Å². The van der Waals surface area contributed by atoms with Gasteiger partial charge < -0.3 is 15.6 Å². The van der Waals surface area contributed by atoms with E-state index in [9.17, 15) is 9.59 Å². The maximum atomic E-state index is 12.6. The largest absolute Gasteiger partial charge is 0.362 e. The van der Waals surface area contributed by atoms with Crippen LogP contribution in [0.2, 0.25) is 0 Å². The predicted molar refractivity (Wildman–Crippen MR) is 98.8 cm³/mol. The first kappa shape index (κ1) is 17.2. The number of aromatic nitrogens is 2. The van der Waals surface area contributed by atoms with Gasteiger partial charge in [0.25, 0.3) is 11.8 Å². The molecule has 6 nitrogen and oxygen atoms in total. The Morgan fingerprint density at radius 2 is 1.88 bits per heavy atom. The van der Waals surface area contributed by atoms with Gasteiger partial charge in [0, 0.05) is 36.4 Å². The van der Waals surface area contributed by atoms with E-state index in [0.717, 1.165) is 5.56 Å². The van der Waals surface area contributed by atoms with E-state index in [0.29, 0.717) is 17.8 Å². The summed E-state index contributed by atoms with van der Waals surface area (Å²) in [6.45, 7) is 0.315. The van der Waals surface area contributed by atoms with Crippen LogP contribution in [0.1, 0.15) is 21.6 Å². The van der Waals surface area contributed by atoms with Crippen molar-refractivity contribution < 1.29 is 9.59 Å². The molecule has 0 saturated carbocycles. The Bertz CT molecular complexity index is 888. The van der Waals surface area contributed by atoms with Gasteiger partial charge in [0.15, 0.2) is 0 Å². The summed E-state index contributed by atoms with van der Waals surface area (Å²) >= 11 is 0. The monoisotopic (exact) mass is 346 g/mol. The fourth-order valence-electron chi connectivity index (χ4n) is 2.31. The molecule has 0 atom stereocenters. The van der Waals surface area contributed by atoms with Crippen molar-refractivity contribution in [1.29, 1.82) is 0 Å². The Balaban J connectivity index is 1.75. The van der Waals surface area contributed by atoms with Crippen molar-refractivity contribution in [3.63, 3.8) is 0 Å². The van der Waals surface area contributed by atoms with E-state index >= 15 is 0 Å². The first-order valence-electron chi connectivity index (χ1n) is 8.11. The molecule has 0 aliphatic heterocycles. The van der Waals surface area contributed by atoms with Gasteiger partial charge in [-0.05, 0) is 42.0 Å². The Labute approximate surface area is 151 Å². The molecule has 0 fully saturated rings. The summed E-state index contributed by atoms with van der Waals surface area (Å²) < 4.78 is 0. The van der Waals surface area contributed by atoms with Crippen LogP contribution in [-0.2, 0) is 11.3 Å². The number of pyridine rings is 1. The number of hydrogen-bond acceptors (Lipinski definition) is 3. The van der Waals surface area contributed by atoms with Crippen molar-refractivity contribution in [2.75, 3.05) is 0 Å². The lowest BCUT2D eigenvalue weighted by molar-refractivity contribution is -0.117. The third-order valence-corrected chi connectivity index (χ3v) is 3.63. The molecule has 3 rings (SSSR count). The van der Waals surface area contributed by atoms with E-state index in [1.807, 2.05) is 24.3 Å². The first-order valence-corrected chi connectivity index (χ1v) is 8.11. The van der Waals surface area contributed by atoms with E-state index in [1.165, 1.54) is 0 Å². The molecular formula is C20H18N4O2.